The molecule has 4 heterocycles. The average Bonchev–Trinajstić information content (AvgIpc) is 3.73. The van der Waals surface area contributed by atoms with E-state index in [-0.39, 0.29) is 39.5 Å². The summed E-state index contributed by atoms with van der Waals surface area (Å²) in [5, 5.41) is 0. The van der Waals surface area contributed by atoms with Crippen LogP contribution in [-0.2, 0) is 21.7 Å². The van der Waals surface area contributed by atoms with Gasteiger partial charge in [0.1, 0.15) is 0 Å². The number of nitrogens with zero attached hydrogens (tertiary/aromatic N) is 4. The van der Waals surface area contributed by atoms with Gasteiger partial charge in [0.2, 0.25) is 0 Å². The van der Waals surface area contributed by atoms with E-state index < -0.39 is 0 Å². The van der Waals surface area contributed by atoms with Crippen LogP contribution in [0.1, 0.15) is 154 Å². The zero-order valence-electron chi connectivity index (χ0n) is 45.8. The molecule has 4 nitrogen and oxygen atoms in total. The van der Waals surface area contributed by atoms with E-state index in [1.54, 1.807) is 0 Å². The summed E-state index contributed by atoms with van der Waals surface area (Å²) in [6, 6.07) is 55.4. The van der Waals surface area contributed by atoms with Crippen molar-refractivity contribution in [2.24, 2.45) is 0 Å². The lowest BCUT2D eigenvalue weighted by Gasteiger charge is -2.51. The molecule has 0 bridgehead atoms. The van der Waals surface area contributed by atoms with Gasteiger partial charge in [-0.2, -0.15) is 0 Å². The molecule has 5 heteroatoms. The molecule has 6 aliphatic rings. The van der Waals surface area contributed by atoms with Gasteiger partial charge in [-0.25, -0.2) is 0 Å². The molecule has 7 aromatic carbocycles. The van der Waals surface area contributed by atoms with Crippen molar-refractivity contribution in [3.63, 3.8) is 0 Å². The third kappa shape index (κ3) is 6.39. The van der Waals surface area contributed by atoms with Crippen molar-refractivity contribution < 1.29 is 0 Å². The van der Waals surface area contributed by atoms with Gasteiger partial charge in [-0.1, -0.05) is 159 Å². The van der Waals surface area contributed by atoms with Crippen LogP contribution >= 0.6 is 0 Å². The van der Waals surface area contributed by atoms with Gasteiger partial charge < -0.3 is 19.6 Å². The summed E-state index contributed by atoms with van der Waals surface area (Å²) >= 11 is 0. The van der Waals surface area contributed by atoms with Gasteiger partial charge in [-0.3, -0.25) is 0 Å². The van der Waals surface area contributed by atoms with Crippen LogP contribution in [0, 0.1) is 13.8 Å². The second kappa shape index (κ2) is 15.7. The zero-order chi connectivity index (χ0) is 50.8. The fourth-order valence-electron chi connectivity index (χ4n) is 15.7. The lowest BCUT2D eigenvalue weighted by molar-refractivity contribution is 0.195. The molecular weight excluding hydrogens is 884 g/mol. The predicted molar refractivity (Wildman–Crippen MR) is 313 cm³/mol. The fraction of sp³-hybridized carbons (Fsp3) is 0.382. The normalized spacial score (nSPS) is 24.6. The first-order valence-electron chi connectivity index (χ1n) is 27.8. The van der Waals surface area contributed by atoms with Crippen LogP contribution in [0.15, 0.2) is 140 Å². The van der Waals surface area contributed by atoms with Crippen molar-refractivity contribution in [2.45, 2.75) is 167 Å². The molecule has 4 aliphatic heterocycles. The van der Waals surface area contributed by atoms with E-state index in [0.717, 1.165) is 6.42 Å². The SMILES string of the molecule is Cc1cc(C)c2c(c1)C1(C)CCCCC1(C)N2c1ccc2c(c1)B1c3ccccc3N(c3ccccc3)c3cc(N4c5ccc(C(C)(C)C)cc5C5(C)CCCCC45C)cc(c31)N2c1ccc(C(C)(C)C)cc1. The molecule has 370 valence electrons. The standard InChI is InChI=1S/C68H75BN4/c1-44-38-45(2)62-53(39-44)66(10)35-19-21-37-68(66,12)73(62)50-31-33-58-55(41-50)69-54-24-16-17-25-57(54)70(48-22-14-13-15-23-48)59-42-51(43-60(61(59)69)71(58)49-29-26-46(27-30-49)63(3,4)5)72-56-32-28-47(64(6,7)8)40-52(56)65(9)34-18-20-36-67(65,72)11/h13-17,22-33,38-43H,18-21,34-37H2,1-12H3. The molecule has 2 saturated carbocycles. The second-order valence-corrected chi connectivity index (χ2v) is 26.2. The van der Waals surface area contributed by atoms with Gasteiger partial charge in [0.05, 0.1) is 11.1 Å². The van der Waals surface area contributed by atoms with Gasteiger partial charge in [0.15, 0.2) is 0 Å². The van der Waals surface area contributed by atoms with E-state index in [4.69, 9.17) is 0 Å². The van der Waals surface area contributed by atoms with E-state index in [1.165, 1.54) is 152 Å². The van der Waals surface area contributed by atoms with Gasteiger partial charge >= 0.3 is 0 Å². The summed E-state index contributed by atoms with van der Waals surface area (Å²) in [5.74, 6) is 0. The van der Waals surface area contributed by atoms with Gasteiger partial charge in [0.25, 0.3) is 6.71 Å². The van der Waals surface area contributed by atoms with E-state index in [2.05, 4.69) is 242 Å². The number of hydrogen-bond acceptors (Lipinski definition) is 4. The Morgan fingerprint density at radius 1 is 0.425 bits per heavy atom. The highest BCUT2D eigenvalue weighted by Gasteiger charge is 2.60. The lowest BCUT2D eigenvalue weighted by atomic mass is 9.33. The highest BCUT2D eigenvalue weighted by molar-refractivity contribution is 7.00. The molecule has 0 amide bonds. The number of hydrogen-bond donors (Lipinski definition) is 0. The zero-order valence-corrected chi connectivity index (χ0v) is 45.8. The second-order valence-electron chi connectivity index (χ2n) is 26.2. The lowest BCUT2D eigenvalue weighted by Crippen LogP contribution is -2.62. The molecule has 2 aliphatic carbocycles. The summed E-state index contributed by atoms with van der Waals surface area (Å²) in [5.41, 5.74) is 25.4. The molecule has 7 aromatic rings. The Labute approximate surface area is 437 Å². The van der Waals surface area contributed by atoms with Gasteiger partial charge in [-0.05, 0) is 175 Å². The van der Waals surface area contributed by atoms with Gasteiger partial charge in [-0.15, -0.1) is 0 Å². The van der Waals surface area contributed by atoms with Crippen LogP contribution < -0.4 is 36.0 Å². The van der Waals surface area contributed by atoms with E-state index in [9.17, 15) is 0 Å². The minimum absolute atomic E-state index is 0.00210. The maximum atomic E-state index is 2.82. The van der Waals surface area contributed by atoms with E-state index in [0.29, 0.717) is 0 Å². The minimum Gasteiger partial charge on any atom is -0.334 e. The molecule has 13 rings (SSSR count). The largest absolute Gasteiger partial charge is 0.334 e. The smallest absolute Gasteiger partial charge is 0.252 e. The molecule has 0 spiro atoms. The van der Waals surface area contributed by atoms with E-state index in [1.807, 2.05) is 0 Å². The molecule has 0 aromatic heterocycles. The highest BCUT2D eigenvalue weighted by atomic mass is 15.3. The van der Waals surface area contributed by atoms with E-state index >= 15 is 0 Å². The summed E-state index contributed by atoms with van der Waals surface area (Å²) in [6.07, 6.45) is 9.72. The quantitative estimate of drug-likeness (QED) is 0.163. The van der Waals surface area contributed by atoms with Crippen LogP contribution in [0.4, 0.5) is 56.9 Å². The maximum absolute atomic E-state index is 2.82. The first kappa shape index (κ1) is 46.6. The number of aryl methyl sites for hydroxylation is 2. The molecule has 73 heavy (non-hydrogen) atoms. The van der Waals surface area contributed by atoms with Crippen LogP contribution in [0.25, 0.3) is 0 Å². The Kier molecular flexibility index (Phi) is 10.00. The Balaban J connectivity index is 1.11. The first-order chi connectivity index (χ1) is 34.8. The third-order valence-electron chi connectivity index (χ3n) is 20.0. The Bertz CT molecular complexity index is 3400. The Hall–Kier alpha value is -6.20. The number of fused-ring (bicyclic) bond motifs is 10. The molecule has 4 unspecified atom stereocenters. The predicted octanol–water partition coefficient (Wildman–Crippen LogP) is 16.5. The average molecular weight is 959 g/mol. The van der Waals surface area contributed by atoms with Crippen molar-refractivity contribution in [2.75, 3.05) is 19.6 Å². The van der Waals surface area contributed by atoms with Crippen LogP contribution in [0.2, 0.25) is 0 Å². The number of benzene rings is 7. The number of anilines is 10. The fourth-order valence-corrected chi connectivity index (χ4v) is 15.7. The maximum Gasteiger partial charge on any atom is 0.252 e. The monoisotopic (exact) mass is 959 g/mol. The number of rotatable bonds is 4. The Morgan fingerprint density at radius 3 is 1.62 bits per heavy atom. The Morgan fingerprint density at radius 2 is 0.959 bits per heavy atom. The first-order valence-corrected chi connectivity index (χ1v) is 27.8. The number of para-hydroxylation sites is 2. The summed E-state index contributed by atoms with van der Waals surface area (Å²) in [6.45, 7) is 29.1. The van der Waals surface area contributed by atoms with Crippen molar-refractivity contribution >= 4 is 80.0 Å². The minimum atomic E-state index is -0.123. The summed E-state index contributed by atoms with van der Waals surface area (Å²) in [4.78, 5) is 10.9. The molecule has 0 N–H and O–H groups in total. The molecule has 0 radical (unpaired) electrons. The molecular formula is C68H75BN4. The van der Waals surface area contributed by atoms with Crippen LogP contribution in [-0.4, -0.2) is 17.8 Å². The van der Waals surface area contributed by atoms with Crippen LogP contribution in [0.3, 0.4) is 0 Å². The third-order valence-corrected chi connectivity index (χ3v) is 20.0. The van der Waals surface area contributed by atoms with Crippen molar-refractivity contribution in [3.8, 4) is 0 Å². The highest BCUT2D eigenvalue weighted by Crippen LogP contribution is 2.64. The van der Waals surface area contributed by atoms with Crippen molar-refractivity contribution in [1.82, 2.24) is 0 Å². The molecule has 4 atom stereocenters. The van der Waals surface area contributed by atoms with Crippen LogP contribution in [0.5, 0.6) is 0 Å². The molecule has 2 fully saturated rings. The van der Waals surface area contributed by atoms with Crippen molar-refractivity contribution in [3.05, 3.63) is 173 Å². The topological polar surface area (TPSA) is 13.0 Å². The summed E-state index contributed by atoms with van der Waals surface area (Å²) < 4.78 is 0. The summed E-state index contributed by atoms with van der Waals surface area (Å²) in [7, 11) is 0. The van der Waals surface area contributed by atoms with Crippen molar-refractivity contribution in [1.29, 1.82) is 0 Å². The molecule has 0 saturated heterocycles. The van der Waals surface area contributed by atoms with Gasteiger partial charge in [0, 0.05) is 67.7 Å².